The first kappa shape index (κ1) is 9.89. The van der Waals surface area contributed by atoms with Gasteiger partial charge in [0.15, 0.2) is 0 Å². The van der Waals surface area contributed by atoms with Crippen LogP contribution in [-0.2, 0) is 0 Å². The summed E-state index contributed by atoms with van der Waals surface area (Å²) in [6.07, 6.45) is -0.849. The fourth-order valence-corrected chi connectivity index (χ4v) is 1.88. The minimum Gasteiger partial charge on any atom is -0.490 e. The molecule has 76 valence electrons. The third-order valence-corrected chi connectivity index (χ3v) is 2.67. The summed E-state index contributed by atoms with van der Waals surface area (Å²) in [5, 5.41) is 9.39. The Morgan fingerprint density at radius 2 is 2.29 bits per heavy atom. The van der Waals surface area contributed by atoms with E-state index in [4.69, 9.17) is 10.5 Å². The topological polar surface area (TPSA) is 55.5 Å². The van der Waals surface area contributed by atoms with E-state index >= 15 is 0 Å². The second-order valence-corrected chi connectivity index (χ2v) is 4.12. The van der Waals surface area contributed by atoms with Crippen LogP contribution in [0.2, 0.25) is 0 Å². The van der Waals surface area contributed by atoms with Gasteiger partial charge in [0.2, 0.25) is 0 Å². The molecule has 0 saturated heterocycles. The van der Waals surface area contributed by atoms with Gasteiger partial charge in [-0.15, -0.1) is 0 Å². The van der Waals surface area contributed by atoms with Gasteiger partial charge in [-0.1, -0.05) is 15.9 Å². The average molecular weight is 262 g/mol. The molecule has 0 fully saturated rings. The predicted molar refractivity (Wildman–Crippen MR) is 52.5 cm³/mol. The Hall–Kier alpha value is -0.650. The molecule has 0 saturated carbocycles. The van der Waals surface area contributed by atoms with E-state index in [1.54, 1.807) is 6.07 Å². The lowest BCUT2D eigenvalue weighted by Gasteiger charge is -2.28. The zero-order valence-corrected chi connectivity index (χ0v) is 8.79. The van der Waals surface area contributed by atoms with Crippen molar-refractivity contribution in [3.8, 4) is 5.75 Å². The number of ether oxygens (including phenoxy) is 1. The Morgan fingerprint density at radius 3 is 3.00 bits per heavy atom. The smallest absolute Gasteiger partial charge is 0.132 e. The molecule has 1 aromatic rings. The highest BCUT2D eigenvalue weighted by Gasteiger charge is 2.29. The molecular formula is C9H9BrFNO2. The van der Waals surface area contributed by atoms with Crippen LogP contribution in [0.3, 0.4) is 0 Å². The number of fused-ring (bicyclic) bond motifs is 1. The number of halogens is 2. The number of hydrogen-bond donors (Lipinski definition) is 2. The van der Waals surface area contributed by atoms with Crippen LogP contribution in [-0.4, -0.2) is 17.8 Å². The maximum Gasteiger partial charge on any atom is 0.132 e. The van der Waals surface area contributed by atoms with Crippen LogP contribution >= 0.6 is 15.9 Å². The summed E-state index contributed by atoms with van der Waals surface area (Å²) in [4.78, 5) is 0. The molecule has 3 nitrogen and oxygen atoms in total. The Labute approximate surface area is 88.8 Å². The second kappa shape index (κ2) is 3.49. The molecule has 0 spiro atoms. The van der Waals surface area contributed by atoms with Crippen molar-refractivity contribution in [3.63, 3.8) is 0 Å². The first-order valence-electron chi connectivity index (χ1n) is 4.15. The van der Waals surface area contributed by atoms with Crippen LogP contribution < -0.4 is 10.5 Å². The minimum absolute atomic E-state index is 0.101. The van der Waals surface area contributed by atoms with Crippen LogP contribution in [0.1, 0.15) is 11.6 Å². The molecule has 1 aliphatic heterocycles. The molecule has 14 heavy (non-hydrogen) atoms. The van der Waals surface area contributed by atoms with E-state index in [1.165, 1.54) is 6.07 Å². The molecule has 2 atom stereocenters. The van der Waals surface area contributed by atoms with Crippen LogP contribution in [0.5, 0.6) is 5.75 Å². The summed E-state index contributed by atoms with van der Waals surface area (Å²) in [6.45, 7) is 0.101. The lowest BCUT2D eigenvalue weighted by atomic mass is 9.99. The van der Waals surface area contributed by atoms with Crippen molar-refractivity contribution in [1.29, 1.82) is 0 Å². The van der Waals surface area contributed by atoms with Crippen LogP contribution in [0.15, 0.2) is 16.6 Å². The van der Waals surface area contributed by atoms with Gasteiger partial charge < -0.3 is 15.6 Å². The van der Waals surface area contributed by atoms with E-state index in [9.17, 15) is 9.50 Å². The maximum absolute atomic E-state index is 13.5. The average Bonchev–Trinajstić information content (AvgIpc) is 2.10. The van der Waals surface area contributed by atoms with Crippen molar-refractivity contribution >= 4 is 15.9 Å². The van der Waals surface area contributed by atoms with Gasteiger partial charge in [0.25, 0.3) is 0 Å². The molecule has 3 N–H and O–H groups in total. The monoisotopic (exact) mass is 261 g/mol. The third-order valence-electron chi connectivity index (χ3n) is 2.21. The first-order valence-corrected chi connectivity index (χ1v) is 4.94. The minimum atomic E-state index is -0.849. The first-order chi connectivity index (χ1) is 6.59. The SMILES string of the molecule is N[C@H]1c2c(F)cc(Br)cc2OC[C@H]1O. The zero-order chi connectivity index (χ0) is 10.3. The Kier molecular flexibility index (Phi) is 2.47. The van der Waals surface area contributed by atoms with Gasteiger partial charge in [-0.2, -0.15) is 0 Å². The van der Waals surface area contributed by atoms with Crippen molar-refractivity contribution in [2.75, 3.05) is 6.61 Å². The van der Waals surface area contributed by atoms with E-state index in [1.807, 2.05) is 0 Å². The molecule has 2 rings (SSSR count). The van der Waals surface area contributed by atoms with E-state index in [2.05, 4.69) is 15.9 Å². The van der Waals surface area contributed by atoms with Crippen LogP contribution in [0.4, 0.5) is 4.39 Å². The van der Waals surface area contributed by atoms with Crippen molar-refractivity contribution in [3.05, 3.63) is 28.0 Å². The quantitative estimate of drug-likeness (QED) is 0.741. The van der Waals surface area contributed by atoms with Gasteiger partial charge in [-0.05, 0) is 12.1 Å². The lowest BCUT2D eigenvalue weighted by molar-refractivity contribution is 0.0658. The van der Waals surface area contributed by atoms with E-state index < -0.39 is 18.0 Å². The van der Waals surface area contributed by atoms with E-state index in [0.717, 1.165) is 0 Å². The summed E-state index contributed by atoms with van der Waals surface area (Å²) >= 11 is 3.15. The summed E-state index contributed by atoms with van der Waals surface area (Å²) < 4.78 is 19.2. The number of rotatable bonds is 0. The Morgan fingerprint density at radius 1 is 1.57 bits per heavy atom. The van der Waals surface area contributed by atoms with Gasteiger partial charge >= 0.3 is 0 Å². The number of hydrogen-bond acceptors (Lipinski definition) is 3. The van der Waals surface area contributed by atoms with Gasteiger partial charge in [-0.3, -0.25) is 0 Å². The molecule has 1 aromatic carbocycles. The van der Waals surface area contributed by atoms with Crippen LogP contribution in [0.25, 0.3) is 0 Å². The second-order valence-electron chi connectivity index (χ2n) is 3.20. The molecular weight excluding hydrogens is 253 g/mol. The van der Waals surface area contributed by atoms with Crippen molar-refractivity contribution in [1.82, 2.24) is 0 Å². The molecule has 5 heteroatoms. The summed E-state index contributed by atoms with van der Waals surface area (Å²) in [5.41, 5.74) is 5.90. The molecule has 0 radical (unpaired) electrons. The van der Waals surface area contributed by atoms with Gasteiger partial charge in [0.05, 0.1) is 6.04 Å². The molecule has 0 amide bonds. The highest BCUT2D eigenvalue weighted by Crippen LogP contribution is 2.35. The zero-order valence-electron chi connectivity index (χ0n) is 7.21. The molecule has 0 aromatic heterocycles. The fraction of sp³-hybridized carbons (Fsp3) is 0.333. The predicted octanol–water partition coefficient (Wildman–Crippen LogP) is 1.34. The summed E-state index contributed by atoms with van der Waals surface area (Å²) in [6, 6.07) is 2.23. The van der Waals surface area contributed by atoms with E-state index in [0.29, 0.717) is 10.2 Å². The lowest BCUT2D eigenvalue weighted by Crippen LogP contribution is -2.36. The Balaban J connectivity index is 2.54. The summed E-state index contributed by atoms with van der Waals surface area (Å²) in [7, 11) is 0. The standard InChI is InChI=1S/C9H9BrFNO2/c10-4-1-5(11)8-7(2-4)14-3-6(13)9(8)12/h1-2,6,9,13H,3,12H2/t6-,9-/m1/s1. The highest BCUT2D eigenvalue weighted by molar-refractivity contribution is 9.10. The largest absolute Gasteiger partial charge is 0.490 e. The molecule has 1 heterocycles. The number of aliphatic hydroxyl groups is 1. The van der Waals surface area contributed by atoms with Gasteiger partial charge in [0.1, 0.15) is 24.3 Å². The van der Waals surface area contributed by atoms with Crippen molar-refractivity contribution in [2.45, 2.75) is 12.1 Å². The van der Waals surface area contributed by atoms with Crippen molar-refractivity contribution < 1.29 is 14.2 Å². The number of aliphatic hydroxyl groups excluding tert-OH is 1. The third kappa shape index (κ3) is 1.51. The number of benzene rings is 1. The van der Waals surface area contributed by atoms with Crippen LogP contribution in [0, 0.1) is 5.82 Å². The molecule has 0 unspecified atom stereocenters. The van der Waals surface area contributed by atoms with E-state index in [-0.39, 0.29) is 12.2 Å². The molecule has 0 aliphatic carbocycles. The molecule has 0 bridgehead atoms. The highest BCUT2D eigenvalue weighted by atomic mass is 79.9. The molecule has 1 aliphatic rings. The Bertz CT molecular complexity index is 372. The van der Waals surface area contributed by atoms with Crippen molar-refractivity contribution in [2.24, 2.45) is 5.73 Å². The van der Waals surface area contributed by atoms with Gasteiger partial charge in [0, 0.05) is 10.0 Å². The normalized spacial score (nSPS) is 25.4. The number of nitrogens with two attached hydrogens (primary N) is 1. The van der Waals surface area contributed by atoms with Gasteiger partial charge in [-0.25, -0.2) is 4.39 Å². The maximum atomic E-state index is 13.5. The summed E-state index contributed by atoms with van der Waals surface area (Å²) in [5.74, 6) is -0.0599. The fourth-order valence-electron chi connectivity index (χ4n) is 1.48.